The largest absolute Gasteiger partial charge is 0.350 e. The van der Waals surface area contributed by atoms with Gasteiger partial charge in [-0.3, -0.25) is 9.59 Å². The van der Waals surface area contributed by atoms with E-state index in [2.05, 4.69) is 34.0 Å². The Kier molecular flexibility index (Phi) is 5.56. The number of anilines is 1. The van der Waals surface area contributed by atoms with Crippen LogP contribution >= 0.6 is 11.6 Å². The van der Waals surface area contributed by atoms with Crippen molar-refractivity contribution in [2.45, 2.75) is 59.2 Å². The number of amides is 1. The molecule has 0 aromatic carbocycles. The Morgan fingerprint density at radius 1 is 1.33 bits per heavy atom. The number of hydrogen-bond acceptors (Lipinski definition) is 4. The van der Waals surface area contributed by atoms with Crippen LogP contribution in [0.3, 0.4) is 0 Å². The van der Waals surface area contributed by atoms with Gasteiger partial charge in [0.1, 0.15) is 5.82 Å². The Labute approximate surface area is 164 Å². The first-order chi connectivity index (χ1) is 12.8. The number of rotatable bonds is 4. The van der Waals surface area contributed by atoms with Gasteiger partial charge in [-0.25, -0.2) is 4.98 Å². The molecule has 0 bridgehead atoms. The highest BCUT2D eigenvalue weighted by Gasteiger charge is 2.31. The third-order valence-corrected chi connectivity index (χ3v) is 5.60. The number of hydrogen-bond donors (Lipinski definition) is 2. The van der Waals surface area contributed by atoms with E-state index in [-0.39, 0.29) is 18.0 Å². The maximum atomic E-state index is 12.7. The molecule has 2 N–H and O–H groups in total. The van der Waals surface area contributed by atoms with Crippen LogP contribution in [0.5, 0.6) is 0 Å². The van der Waals surface area contributed by atoms with E-state index >= 15 is 0 Å². The van der Waals surface area contributed by atoms with Crippen LogP contribution in [0.15, 0.2) is 23.1 Å². The van der Waals surface area contributed by atoms with Gasteiger partial charge in [-0.2, -0.15) is 0 Å². The lowest BCUT2D eigenvalue weighted by Gasteiger charge is -2.28. The number of H-pyrrole nitrogens is 1. The second-order valence-electron chi connectivity index (χ2n) is 7.30. The number of nitrogens with one attached hydrogen (secondary N) is 2. The first kappa shape index (κ1) is 19.4. The van der Waals surface area contributed by atoms with Crippen LogP contribution in [-0.4, -0.2) is 28.0 Å². The first-order valence-electron chi connectivity index (χ1n) is 9.20. The monoisotopic (exact) mass is 388 g/mol. The molecule has 1 fully saturated rings. The van der Waals surface area contributed by atoms with Gasteiger partial charge in [0.05, 0.1) is 10.6 Å². The van der Waals surface area contributed by atoms with Crippen molar-refractivity contribution in [1.29, 1.82) is 0 Å². The van der Waals surface area contributed by atoms with Crippen molar-refractivity contribution in [2.24, 2.45) is 0 Å². The fourth-order valence-corrected chi connectivity index (χ4v) is 4.06. The van der Waals surface area contributed by atoms with Crippen molar-refractivity contribution in [3.63, 3.8) is 0 Å². The Morgan fingerprint density at radius 2 is 2.00 bits per heavy atom. The standard InChI is InChI=1S/C20H25ClN4O2/c1-11-9-12(2)24-20(27)16(11)10-23-19(26)15-7-8-22-18(17(15)21)25-13(3)5-6-14(25)4/h7-9,13-14H,5-6,10H2,1-4H3,(H,23,26)(H,24,27)/t13-,14+. The molecular formula is C20H25ClN4O2. The highest BCUT2D eigenvalue weighted by atomic mass is 35.5. The molecule has 144 valence electrons. The quantitative estimate of drug-likeness (QED) is 0.841. The summed E-state index contributed by atoms with van der Waals surface area (Å²) in [6.07, 6.45) is 3.76. The highest BCUT2D eigenvalue weighted by Crippen LogP contribution is 2.35. The fourth-order valence-electron chi connectivity index (χ4n) is 3.77. The van der Waals surface area contributed by atoms with Crippen LogP contribution in [0.4, 0.5) is 5.82 Å². The molecule has 0 saturated carbocycles. The fraction of sp³-hybridized carbons (Fsp3) is 0.450. The molecule has 0 aliphatic carbocycles. The van der Waals surface area contributed by atoms with E-state index in [1.165, 1.54) is 0 Å². The van der Waals surface area contributed by atoms with Crippen LogP contribution in [0.1, 0.15) is 53.9 Å². The highest BCUT2D eigenvalue weighted by molar-refractivity contribution is 6.36. The summed E-state index contributed by atoms with van der Waals surface area (Å²) in [6.45, 7) is 8.11. The van der Waals surface area contributed by atoms with Gasteiger partial charge in [0, 0.05) is 36.1 Å². The number of pyridine rings is 2. The molecule has 3 heterocycles. The van der Waals surface area contributed by atoms with Crippen LogP contribution in [0.2, 0.25) is 5.02 Å². The normalized spacial score (nSPS) is 19.4. The molecule has 1 saturated heterocycles. The van der Waals surface area contributed by atoms with Gasteiger partial charge >= 0.3 is 0 Å². The van der Waals surface area contributed by atoms with Crippen molar-refractivity contribution in [3.8, 4) is 0 Å². The third kappa shape index (κ3) is 3.86. The van der Waals surface area contributed by atoms with E-state index in [0.717, 1.165) is 24.1 Å². The van der Waals surface area contributed by atoms with Crippen molar-refractivity contribution >= 4 is 23.3 Å². The Bertz CT molecular complexity index is 915. The molecule has 1 amide bonds. The van der Waals surface area contributed by atoms with Crippen LogP contribution in [0.25, 0.3) is 0 Å². The van der Waals surface area contributed by atoms with E-state index in [9.17, 15) is 9.59 Å². The molecule has 1 aliphatic rings. The van der Waals surface area contributed by atoms with E-state index < -0.39 is 0 Å². The number of nitrogens with zero attached hydrogens (tertiary/aromatic N) is 2. The number of aromatic nitrogens is 2. The van der Waals surface area contributed by atoms with Gasteiger partial charge in [-0.15, -0.1) is 0 Å². The zero-order valence-electron chi connectivity index (χ0n) is 16.1. The smallest absolute Gasteiger partial charge is 0.253 e. The molecule has 7 heteroatoms. The van der Waals surface area contributed by atoms with Crippen LogP contribution in [0, 0.1) is 13.8 Å². The minimum atomic E-state index is -0.317. The predicted molar refractivity (Wildman–Crippen MR) is 108 cm³/mol. The lowest BCUT2D eigenvalue weighted by Crippen LogP contribution is -2.34. The number of carbonyl (C=O) groups is 1. The zero-order valence-corrected chi connectivity index (χ0v) is 16.9. The molecule has 2 atom stereocenters. The van der Waals surface area contributed by atoms with Crippen molar-refractivity contribution in [2.75, 3.05) is 4.90 Å². The summed E-state index contributed by atoms with van der Waals surface area (Å²) in [4.78, 5) is 34.2. The molecule has 2 aromatic heterocycles. The second-order valence-corrected chi connectivity index (χ2v) is 7.68. The second kappa shape index (κ2) is 7.72. The van der Waals surface area contributed by atoms with Crippen LogP contribution < -0.4 is 15.8 Å². The van der Waals surface area contributed by atoms with E-state index in [0.29, 0.717) is 34.1 Å². The SMILES string of the molecule is Cc1cc(C)c(CNC(=O)c2ccnc(N3[C@H](C)CC[C@@H]3C)c2Cl)c(=O)[nH]1. The molecular weight excluding hydrogens is 364 g/mol. The first-order valence-corrected chi connectivity index (χ1v) is 9.57. The summed E-state index contributed by atoms with van der Waals surface area (Å²) < 4.78 is 0. The third-order valence-electron chi connectivity index (χ3n) is 5.23. The number of halogens is 1. The summed E-state index contributed by atoms with van der Waals surface area (Å²) in [5.74, 6) is 0.328. The van der Waals surface area contributed by atoms with Crippen molar-refractivity contribution in [1.82, 2.24) is 15.3 Å². The topological polar surface area (TPSA) is 78.1 Å². The summed E-state index contributed by atoms with van der Waals surface area (Å²) in [6, 6.07) is 4.16. The molecule has 27 heavy (non-hydrogen) atoms. The molecule has 1 aliphatic heterocycles. The lowest BCUT2D eigenvalue weighted by molar-refractivity contribution is 0.0951. The molecule has 3 rings (SSSR count). The lowest BCUT2D eigenvalue weighted by atomic mass is 10.1. The summed E-state index contributed by atoms with van der Waals surface area (Å²) in [5.41, 5.74) is 2.37. The number of aromatic amines is 1. The summed E-state index contributed by atoms with van der Waals surface area (Å²) in [5, 5.41) is 3.16. The van der Waals surface area contributed by atoms with Gasteiger partial charge < -0.3 is 15.2 Å². The van der Waals surface area contributed by atoms with Gasteiger partial charge in [-0.05, 0) is 58.2 Å². The summed E-state index contributed by atoms with van der Waals surface area (Å²) in [7, 11) is 0. The minimum Gasteiger partial charge on any atom is -0.350 e. The molecule has 6 nitrogen and oxygen atoms in total. The number of carbonyl (C=O) groups excluding carboxylic acids is 1. The Balaban J connectivity index is 1.82. The van der Waals surface area contributed by atoms with Gasteiger partial charge in [0.25, 0.3) is 11.5 Å². The summed E-state index contributed by atoms with van der Waals surface area (Å²) >= 11 is 6.55. The number of aryl methyl sites for hydroxylation is 2. The van der Waals surface area contributed by atoms with E-state index in [4.69, 9.17) is 11.6 Å². The maximum Gasteiger partial charge on any atom is 0.253 e. The minimum absolute atomic E-state index is 0.144. The Morgan fingerprint density at radius 3 is 2.63 bits per heavy atom. The van der Waals surface area contributed by atoms with Crippen molar-refractivity contribution < 1.29 is 4.79 Å². The van der Waals surface area contributed by atoms with E-state index in [1.54, 1.807) is 12.3 Å². The molecule has 0 spiro atoms. The van der Waals surface area contributed by atoms with Gasteiger partial charge in [-0.1, -0.05) is 11.6 Å². The Hall–Kier alpha value is -2.34. The van der Waals surface area contributed by atoms with E-state index in [1.807, 2.05) is 19.9 Å². The molecule has 2 aromatic rings. The average molecular weight is 389 g/mol. The predicted octanol–water partition coefficient (Wildman–Crippen LogP) is 3.35. The van der Waals surface area contributed by atoms with Gasteiger partial charge in [0.2, 0.25) is 0 Å². The molecule has 0 radical (unpaired) electrons. The van der Waals surface area contributed by atoms with Gasteiger partial charge in [0.15, 0.2) is 0 Å². The van der Waals surface area contributed by atoms with Crippen molar-refractivity contribution in [3.05, 3.63) is 56.1 Å². The maximum absolute atomic E-state index is 12.7. The average Bonchev–Trinajstić information content (AvgIpc) is 2.92. The molecule has 0 unspecified atom stereocenters. The zero-order chi connectivity index (χ0) is 19.7. The van der Waals surface area contributed by atoms with Crippen LogP contribution in [-0.2, 0) is 6.54 Å².